The first-order valence-corrected chi connectivity index (χ1v) is 17.8. The fourth-order valence-corrected chi connectivity index (χ4v) is 5.50. The lowest BCUT2D eigenvalue weighted by Gasteiger charge is -2.15. The van der Waals surface area contributed by atoms with Crippen LogP contribution in [0.15, 0.2) is 72.8 Å². The van der Waals surface area contributed by atoms with E-state index in [1.54, 1.807) is 32.0 Å². The van der Waals surface area contributed by atoms with Gasteiger partial charge in [-0.25, -0.2) is 0 Å². The summed E-state index contributed by atoms with van der Waals surface area (Å²) in [6.45, 7) is 14.2. The highest BCUT2D eigenvalue weighted by Gasteiger charge is 2.35. The van der Waals surface area contributed by atoms with Crippen molar-refractivity contribution in [1.29, 1.82) is 0 Å². The van der Waals surface area contributed by atoms with Crippen molar-refractivity contribution in [1.82, 2.24) is 0 Å². The number of halogens is 12. The van der Waals surface area contributed by atoms with Gasteiger partial charge < -0.3 is 0 Å². The second-order valence-corrected chi connectivity index (χ2v) is 12.0. The molecule has 0 fully saturated rings. The first kappa shape index (κ1) is 48.1. The zero-order valence-electron chi connectivity index (χ0n) is 31.7. The molecule has 0 heterocycles. The van der Waals surface area contributed by atoms with Gasteiger partial charge in [0.2, 0.25) is 0 Å². The molecule has 12 heteroatoms. The van der Waals surface area contributed by atoms with E-state index in [1.165, 1.54) is 44.2 Å². The average molecular weight is 781 g/mol. The van der Waals surface area contributed by atoms with Crippen LogP contribution in [0.1, 0.15) is 108 Å². The largest absolute Gasteiger partial charge is 0.416 e. The van der Waals surface area contributed by atoms with Crippen LogP contribution in [0.2, 0.25) is 0 Å². The predicted molar refractivity (Wildman–Crippen MR) is 192 cm³/mol. The number of rotatable bonds is 8. The van der Waals surface area contributed by atoms with Gasteiger partial charge in [0.1, 0.15) is 0 Å². The van der Waals surface area contributed by atoms with E-state index in [1.807, 2.05) is 27.7 Å². The summed E-state index contributed by atoms with van der Waals surface area (Å²) in [5, 5.41) is 0. The van der Waals surface area contributed by atoms with Crippen molar-refractivity contribution in [2.75, 3.05) is 0 Å². The van der Waals surface area contributed by atoms with Gasteiger partial charge in [-0.05, 0) is 121 Å². The van der Waals surface area contributed by atoms with Crippen LogP contribution in [0.25, 0.3) is 0 Å². The van der Waals surface area contributed by atoms with E-state index in [-0.39, 0.29) is 54.4 Å². The molecule has 54 heavy (non-hydrogen) atoms. The van der Waals surface area contributed by atoms with E-state index in [0.29, 0.717) is 28.7 Å². The molecule has 0 N–H and O–H groups in total. The Morgan fingerprint density at radius 2 is 0.648 bits per heavy atom. The lowest BCUT2D eigenvalue weighted by Crippen LogP contribution is -2.11. The van der Waals surface area contributed by atoms with E-state index >= 15 is 0 Å². The summed E-state index contributed by atoms with van der Waals surface area (Å²) in [4.78, 5) is 0. The summed E-state index contributed by atoms with van der Waals surface area (Å²) >= 11 is 0. The number of hydrogen-bond donors (Lipinski definition) is 0. The van der Waals surface area contributed by atoms with Gasteiger partial charge in [0.25, 0.3) is 0 Å². The summed E-state index contributed by atoms with van der Waals surface area (Å²) in [6, 6.07) is 16.2. The molecule has 0 atom stereocenters. The fourth-order valence-electron chi connectivity index (χ4n) is 5.50. The number of alkyl halides is 12. The van der Waals surface area contributed by atoms with E-state index in [9.17, 15) is 52.7 Å². The van der Waals surface area contributed by atoms with E-state index in [2.05, 4.69) is 0 Å². The monoisotopic (exact) mass is 780 g/mol. The standard InChI is InChI=1S/2C19H18F6.2C2H6/c1-3-13-6-8-15(17(10-13)19(23,24)25)9-7-14-5-4-12(2)16(11-14)18(20,21)22;1-3-15-9-8-14(11-17(15)19(23,24)25)7-6-13-5-4-12(2)16(10-13)18(20,21)22;2*1-2/h4-6,8,10-11H,3,7,9H2,1-2H3;4-5,8-11H,3,6-7H2,1-2H3;2*1-2H3. The summed E-state index contributed by atoms with van der Waals surface area (Å²) in [6.07, 6.45) is -16.5. The molecule has 4 aromatic carbocycles. The van der Waals surface area contributed by atoms with Crippen LogP contribution >= 0.6 is 0 Å². The van der Waals surface area contributed by atoms with Crippen molar-refractivity contribution >= 4 is 0 Å². The number of aryl methyl sites for hydroxylation is 8. The Hall–Kier alpha value is -3.96. The molecule has 0 bridgehead atoms. The molecular weight excluding hydrogens is 732 g/mol. The molecule has 0 radical (unpaired) electrons. The van der Waals surface area contributed by atoms with Gasteiger partial charge in [-0.15, -0.1) is 0 Å². The molecule has 0 spiro atoms. The third-order valence-electron chi connectivity index (χ3n) is 8.35. The highest BCUT2D eigenvalue weighted by atomic mass is 19.4. The van der Waals surface area contributed by atoms with Crippen molar-refractivity contribution in [2.45, 2.75) is 119 Å². The first-order valence-electron chi connectivity index (χ1n) is 17.8. The maximum absolute atomic E-state index is 13.2. The topological polar surface area (TPSA) is 0 Å². The second kappa shape index (κ2) is 20.6. The van der Waals surface area contributed by atoms with E-state index < -0.39 is 47.0 Å². The van der Waals surface area contributed by atoms with Crippen molar-refractivity contribution in [3.05, 3.63) is 140 Å². The minimum atomic E-state index is -4.48. The minimum Gasteiger partial charge on any atom is -0.166 e. The van der Waals surface area contributed by atoms with Gasteiger partial charge in [-0.1, -0.05) is 90.1 Å². The zero-order chi connectivity index (χ0) is 41.7. The molecule has 4 rings (SSSR count). The van der Waals surface area contributed by atoms with Gasteiger partial charge in [-0.3, -0.25) is 0 Å². The van der Waals surface area contributed by atoms with Crippen molar-refractivity contribution in [3.8, 4) is 0 Å². The van der Waals surface area contributed by atoms with Gasteiger partial charge in [0.15, 0.2) is 0 Å². The Labute approximate surface area is 310 Å². The third kappa shape index (κ3) is 14.4. The summed E-state index contributed by atoms with van der Waals surface area (Å²) < 4.78 is 157. The lowest BCUT2D eigenvalue weighted by atomic mass is 9.95. The SMILES string of the molecule is CC.CC.CCc1ccc(CCc2ccc(C)c(C(F)(F)F)c2)c(C(F)(F)F)c1.CCc1ccc(CCc2ccc(C)c(C(F)(F)F)c2)cc1C(F)(F)F. The Bertz CT molecular complexity index is 1740. The maximum atomic E-state index is 13.2. The molecule has 0 amide bonds. The molecule has 0 aliphatic carbocycles. The van der Waals surface area contributed by atoms with Crippen molar-refractivity contribution < 1.29 is 52.7 Å². The lowest BCUT2D eigenvalue weighted by molar-refractivity contribution is -0.139. The second-order valence-electron chi connectivity index (χ2n) is 12.0. The zero-order valence-corrected chi connectivity index (χ0v) is 31.7. The van der Waals surface area contributed by atoms with Gasteiger partial charge in [0, 0.05) is 0 Å². The Morgan fingerprint density at radius 1 is 0.352 bits per heavy atom. The van der Waals surface area contributed by atoms with Crippen molar-refractivity contribution in [2.24, 2.45) is 0 Å². The van der Waals surface area contributed by atoms with Crippen LogP contribution in [0.3, 0.4) is 0 Å². The Morgan fingerprint density at radius 3 is 1.02 bits per heavy atom. The molecule has 0 aliphatic heterocycles. The molecule has 0 unspecified atom stereocenters. The van der Waals surface area contributed by atoms with Crippen LogP contribution in [0, 0.1) is 13.8 Å². The Balaban J connectivity index is 0.000000495. The highest BCUT2D eigenvalue weighted by Crippen LogP contribution is 2.36. The van der Waals surface area contributed by atoms with E-state index in [4.69, 9.17) is 0 Å². The Kier molecular flexibility index (Phi) is 18.4. The number of benzene rings is 4. The molecule has 0 saturated carbocycles. The molecule has 300 valence electrons. The van der Waals surface area contributed by atoms with E-state index in [0.717, 1.165) is 24.3 Å². The summed E-state index contributed by atoms with van der Waals surface area (Å²) in [5.41, 5.74) is -0.458. The highest BCUT2D eigenvalue weighted by molar-refractivity contribution is 5.38. The third-order valence-corrected chi connectivity index (χ3v) is 8.35. The molecular formula is C42H48F12. The van der Waals surface area contributed by atoms with Gasteiger partial charge >= 0.3 is 24.7 Å². The predicted octanol–water partition coefficient (Wildman–Crippen LogP) is 14.8. The van der Waals surface area contributed by atoms with Gasteiger partial charge in [-0.2, -0.15) is 52.7 Å². The fraction of sp³-hybridized carbons (Fsp3) is 0.429. The van der Waals surface area contributed by atoms with Crippen molar-refractivity contribution in [3.63, 3.8) is 0 Å². The number of hydrogen-bond acceptors (Lipinski definition) is 0. The molecule has 0 aliphatic rings. The smallest absolute Gasteiger partial charge is 0.166 e. The molecule has 0 nitrogen and oxygen atoms in total. The van der Waals surface area contributed by atoms with Crippen LogP contribution in [-0.2, 0) is 63.2 Å². The molecule has 0 aromatic heterocycles. The van der Waals surface area contributed by atoms with Crippen LogP contribution < -0.4 is 0 Å². The van der Waals surface area contributed by atoms with Gasteiger partial charge in [0.05, 0.1) is 22.3 Å². The normalized spacial score (nSPS) is 11.8. The molecule has 0 saturated heterocycles. The maximum Gasteiger partial charge on any atom is 0.416 e. The van der Waals surface area contributed by atoms with Crippen LogP contribution in [-0.4, -0.2) is 0 Å². The van der Waals surface area contributed by atoms with Crippen LogP contribution in [0.4, 0.5) is 52.7 Å². The summed E-state index contributed by atoms with van der Waals surface area (Å²) in [5.74, 6) is 0. The molecule has 4 aromatic rings. The average Bonchev–Trinajstić information content (AvgIpc) is 3.11. The van der Waals surface area contributed by atoms with Crippen LogP contribution in [0.5, 0.6) is 0 Å². The minimum absolute atomic E-state index is 0.0270. The quantitative estimate of drug-likeness (QED) is 0.156. The summed E-state index contributed by atoms with van der Waals surface area (Å²) in [7, 11) is 0. The first-order chi connectivity index (χ1) is 25.0.